The maximum absolute atomic E-state index is 12.7. The van der Waals surface area contributed by atoms with Gasteiger partial charge in [-0.1, -0.05) is 29.8 Å². The average molecular weight is 408 g/mol. The normalized spacial score (nSPS) is 10.8. The lowest BCUT2D eigenvalue weighted by molar-refractivity contribution is -0.383. The zero-order valence-corrected chi connectivity index (χ0v) is 15.9. The second-order valence-corrected chi connectivity index (χ2v) is 6.73. The van der Waals surface area contributed by atoms with Crippen molar-refractivity contribution >= 4 is 39.8 Å². The summed E-state index contributed by atoms with van der Waals surface area (Å²) in [6.07, 6.45) is 1.41. The van der Waals surface area contributed by atoms with Crippen LogP contribution in [0.15, 0.2) is 60.8 Å². The van der Waals surface area contributed by atoms with Crippen molar-refractivity contribution in [2.75, 3.05) is 5.32 Å². The van der Waals surface area contributed by atoms with Crippen molar-refractivity contribution in [3.05, 3.63) is 87.2 Å². The van der Waals surface area contributed by atoms with Gasteiger partial charge in [0, 0.05) is 16.5 Å². The van der Waals surface area contributed by atoms with Gasteiger partial charge < -0.3 is 5.32 Å². The van der Waals surface area contributed by atoms with Crippen LogP contribution in [0.25, 0.3) is 16.7 Å². The maximum atomic E-state index is 12.7. The number of carbonyl (C=O) groups is 1. The van der Waals surface area contributed by atoms with Crippen molar-refractivity contribution in [2.45, 2.75) is 6.92 Å². The Morgan fingerprint density at radius 1 is 1.17 bits per heavy atom. The summed E-state index contributed by atoms with van der Waals surface area (Å²) in [6, 6.07) is 15.5. The van der Waals surface area contributed by atoms with Gasteiger partial charge in [0.25, 0.3) is 11.6 Å². The summed E-state index contributed by atoms with van der Waals surface area (Å²) in [7, 11) is 0. The van der Waals surface area contributed by atoms with Crippen LogP contribution in [0.5, 0.6) is 0 Å². The van der Waals surface area contributed by atoms with Crippen molar-refractivity contribution in [3.63, 3.8) is 0 Å². The van der Waals surface area contributed by atoms with Crippen LogP contribution in [0.3, 0.4) is 0 Å². The van der Waals surface area contributed by atoms with Gasteiger partial charge in [-0.15, -0.1) is 0 Å². The molecule has 4 rings (SSSR count). The smallest absolute Gasteiger partial charge is 0.294 e. The molecule has 0 aliphatic rings. The molecule has 1 amide bonds. The fraction of sp³-hybridized carbons (Fsp3) is 0.0500. The van der Waals surface area contributed by atoms with E-state index in [9.17, 15) is 14.9 Å². The molecule has 0 saturated carbocycles. The fourth-order valence-corrected chi connectivity index (χ4v) is 3.15. The molecule has 9 heteroatoms. The molecular weight excluding hydrogens is 394 g/mol. The molecule has 0 bridgehead atoms. The standard InChI is InChI=1S/C20H14ClN5O3/c1-12-15(20(27)24-17-8-7-14(21)10-18(17)26(28)29)11-22-25(12)19-9-6-13-4-2-3-5-16(13)23-19/h2-11H,1H3,(H,24,27). The summed E-state index contributed by atoms with van der Waals surface area (Å²) in [5, 5.41) is 19.3. The van der Waals surface area contributed by atoms with E-state index in [-0.39, 0.29) is 22.0 Å². The lowest BCUT2D eigenvalue weighted by Crippen LogP contribution is -2.14. The van der Waals surface area contributed by atoms with Crippen LogP contribution in [0.4, 0.5) is 11.4 Å². The number of pyridine rings is 1. The molecule has 4 aromatic rings. The predicted octanol–water partition coefficient (Wildman–Crippen LogP) is 4.54. The number of hydrogen-bond acceptors (Lipinski definition) is 5. The highest BCUT2D eigenvalue weighted by Crippen LogP contribution is 2.28. The second kappa shape index (κ2) is 7.33. The van der Waals surface area contributed by atoms with Crippen molar-refractivity contribution in [3.8, 4) is 5.82 Å². The summed E-state index contributed by atoms with van der Waals surface area (Å²) < 4.78 is 1.55. The molecule has 0 spiro atoms. The third-order valence-corrected chi connectivity index (χ3v) is 4.69. The topological polar surface area (TPSA) is 103 Å². The molecule has 0 fully saturated rings. The van der Waals surface area contributed by atoms with Gasteiger partial charge in [0.1, 0.15) is 5.69 Å². The van der Waals surface area contributed by atoms with Crippen LogP contribution in [-0.4, -0.2) is 25.6 Å². The number of hydrogen-bond donors (Lipinski definition) is 1. The largest absolute Gasteiger partial charge is 0.316 e. The summed E-state index contributed by atoms with van der Waals surface area (Å²) in [5.74, 6) is 0.0534. The molecule has 0 unspecified atom stereocenters. The number of nitro benzene ring substituents is 1. The van der Waals surface area contributed by atoms with E-state index in [4.69, 9.17) is 11.6 Å². The van der Waals surface area contributed by atoms with Crippen molar-refractivity contribution in [2.24, 2.45) is 0 Å². The summed E-state index contributed by atoms with van der Waals surface area (Å²) in [4.78, 5) is 27.9. The quantitative estimate of drug-likeness (QED) is 0.395. The van der Waals surface area contributed by atoms with Crippen molar-refractivity contribution < 1.29 is 9.72 Å². The van der Waals surface area contributed by atoms with Gasteiger partial charge in [-0.05, 0) is 37.3 Å². The number of rotatable bonds is 4. The van der Waals surface area contributed by atoms with E-state index in [0.717, 1.165) is 10.9 Å². The monoisotopic (exact) mass is 407 g/mol. The minimum absolute atomic E-state index is 0.0559. The third kappa shape index (κ3) is 3.53. The van der Waals surface area contributed by atoms with Gasteiger partial charge in [0.05, 0.1) is 27.9 Å². The highest BCUT2D eigenvalue weighted by atomic mass is 35.5. The van der Waals surface area contributed by atoms with Crippen molar-refractivity contribution in [1.82, 2.24) is 14.8 Å². The van der Waals surface area contributed by atoms with E-state index in [2.05, 4.69) is 15.4 Å². The number of benzene rings is 2. The molecule has 0 aliphatic heterocycles. The van der Waals surface area contributed by atoms with Gasteiger partial charge in [-0.3, -0.25) is 14.9 Å². The van der Waals surface area contributed by atoms with Gasteiger partial charge in [-0.2, -0.15) is 5.10 Å². The van der Waals surface area contributed by atoms with Crippen LogP contribution in [0, 0.1) is 17.0 Å². The number of aromatic nitrogens is 3. The predicted molar refractivity (Wildman–Crippen MR) is 110 cm³/mol. The third-order valence-electron chi connectivity index (χ3n) is 4.46. The SMILES string of the molecule is Cc1c(C(=O)Nc2ccc(Cl)cc2[N+](=O)[O-])cnn1-c1ccc2ccccc2n1. The second-order valence-electron chi connectivity index (χ2n) is 6.29. The minimum atomic E-state index is -0.600. The summed E-state index contributed by atoms with van der Waals surface area (Å²) in [6.45, 7) is 1.73. The summed E-state index contributed by atoms with van der Waals surface area (Å²) in [5.41, 5.74) is 1.42. The van der Waals surface area contributed by atoms with Crippen LogP contribution in [-0.2, 0) is 0 Å². The zero-order valence-electron chi connectivity index (χ0n) is 15.2. The molecule has 0 atom stereocenters. The Labute approximate surface area is 169 Å². The molecule has 8 nitrogen and oxygen atoms in total. The average Bonchev–Trinajstić information content (AvgIpc) is 3.10. The summed E-state index contributed by atoms with van der Waals surface area (Å²) >= 11 is 5.81. The number of nitro groups is 1. The van der Waals surface area contributed by atoms with E-state index in [1.54, 1.807) is 11.6 Å². The number of nitrogens with zero attached hydrogens (tertiary/aromatic N) is 4. The molecule has 1 N–H and O–H groups in total. The highest BCUT2D eigenvalue weighted by Gasteiger charge is 2.20. The van der Waals surface area contributed by atoms with Gasteiger partial charge >= 0.3 is 0 Å². The Kier molecular flexibility index (Phi) is 4.69. The number of fused-ring (bicyclic) bond motifs is 1. The maximum Gasteiger partial charge on any atom is 0.294 e. The molecule has 2 aromatic carbocycles. The number of amides is 1. The first kappa shape index (κ1) is 18.6. The highest BCUT2D eigenvalue weighted by molar-refractivity contribution is 6.31. The molecule has 2 aromatic heterocycles. The molecule has 0 saturated heterocycles. The Morgan fingerprint density at radius 2 is 1.97 bits per heavy atom. The first-order chi connectivity index (χ1) is 13.9. The van der Waals surface area contributed by atoms with E-state index in [0.29, 0.717) is 11.5 Å². The number of anilines is 1. The number of para-hydroxylation sites is 1. The Hall–Kier alpha value is -3.78. The van der Waals surface area contributed by atoms with Gasteiger partial charge in [0.2, 0.25) is 0 Å². The molecule has 144 valence electrons. The molecule has 2 heterocycles. The number of halogens is 1. The minimum Gasteiger partial charge on any atom is -0.316 e. The Bertz CT molecular complexity index is 1270. The van der Waals surface area contributed by atoms with Gasteiger partial charge in [0.15, 0.2) is 5.82 Å². The fourth-order valence-electron chi connectivity index (χ4n) is 2.99. The Morgan fingerprint density at radius 3 is 2.76 bits per heavy atom. The van der Waals surface area contributed by atoms with E-state index < -0.39 is 10.8 Å². The van der Waals surface area contributed by atoms with E-state index >= 15 is 0 Å². The number of carbonyl (C=O) groups excluding carboxylic acids is 1. The van der Waals surface area contributed by atoms with Crippen LogP contribution < -0.4 is 5.32 Å². The van der Waals surface area contributed by atoms with E-state index in [1.165, 1.54) is 24.4 Å². The van der Waals surface area contributed by atoms with Crippen LogP contribution >= 0.6 is 11.6 Å². The lowest BCUT2D eigenvalue weighted by Gasteiger charge is -2.08. The first-order valence-electron chi connectivity index (χ1n) is 8.60. The zero-order chi connectivity index (χ0) is 20.5. The van der Waals surface area contributed by atoms with Crippen LogP contribution in [0.1, 0.15) is 16.1 Å². The molecular formula is C20H14ClN5O3. The molecule has 29 heavy (non-hydrogen) atoms. The van der Waals surface area contributed by atoms with Crippen molar-refractivity contribution in [1.29, 1.82) is 0 Å². The van der Waals surface area contributed by atoms with E-state index in [1.807, 2.05) is 36.4 Å². The number of nitrogens with one attached hydrogen (secondary N) is 1. The lowest BCUT2D eigenvalue weighted by atomic mass is 10.2. The van der Waals surface area contributed by atoms with Crippen LogP contribution in [0.2, 0.25) is 5.02 Å². The first-order valence-corrected chi connectivity index (χ1v) is 8.98. The molecule has 0 radical (unpaired) electrons. The Balaban J connectivity index is 1.66. The van der Waals surface area contributed by atoms with Gasteiger partial charge in [-0.25, -0.2) is 9.67 Å². The molecule has 0 aliphatic carbocycles.